The van der Waals surface area contributed by atoms with Crippen LogP contribution < -0.4 is 4.90 Å². The number of halogens is 1. The summed E-state index contributed by atoms with van der Waals surface area (Å²) in [6, 6.07) is 5.74. The Morgan fingerprint density at radius 1 is 1.13 bits per heavy atom. The molecular weight excluding hydrogens is 291 g/mol. The van der Waals surface area contributed by atoms with Gasteiger partial charge in [-0.1, -0.05) is 12.5 Å². The topological polar surface area (TPSA) is 23.6 Å². The van der Waals surface area contributed by atoms with Gasteiger partial charge in [0.25, 0.3) is 0 Å². The zero-order chi connectivity index (χ0) is 16.0. The van der Waals surface area contributed by atoms with Crippen molar-refractivity contribution in [1.29, 1.82) is 0 Å². The largest absolute Gasteiger partial charge is 0.368 e. The summed E-state index contributed by atoms with van der Waals surface area (Å²) in [5.41, 5.74) is 1.02. The maximum absolute atomic E-state index is 14.0. The molecule has 3 atom stereocenters. The summed E-state index contributed by atoms with van der Waals surface area (Å²) in [6.45, 7) is 5.28. The predicted octanol–water partition coefficient (Wildman–Crippen LogP) is 3.34. The van der Waals surface area contributed by atoms with Gasteiger partial charge in [0.2, 0.25) is 0 Å². The van der Waals surface area contributed by atoms with Gasteiger partial charge in [0.1, 0.15) is 5.82 Å². The number of carbonyl (C=O) groups excluding carboxylic acids is 1. The fourth-order valence-electron chi connectivity index (χ4n) is 5.08. The molecule has 3 nitrogen and oxygen atoms in total. The van der Waals surface area contributed by atoms with Gasteiger partial charge in [-0.05, 0) is 50.2 Å². The van der Waals surface area contributed by atoms with Crippen molar-refractivity contribution in [3.8, 4) is 0 Å². The second kappa shape index (κ2) is 5.90. The van der Waals surface area contributed by atoms with Crippen molar-refractivity contribution < 1.29 is 9.18 Å². The first-order valence-corrected chi connectivity index (χ1v) is 8.92. The van der Waals surface area contributed by atoms with Crippen LogP contribution in [-0.2, 0) is 0 Å². The molecule has 1 aromatic rings. The first-order valence-electron chi connectivity index (χ1n) is 8.92. The lowest BCUT2D eigenvalue weighted by atomic mass is 9.93. The molecule has 0 radical (unpaired) electrons. The van der Waals surface area contributed by atoms with Crippen LogP contribution in [0.15, 0.2) is 18.2 Å². The van der Waals surface area contributed by atoms with Gasteiger partial charge in [0.15, 0.2) is 5.78 Å². The number of piperazine rings is 1. The van der Waals surface area contributed by atoms with E-state index in [0.29, 0.717) is 0 Å². The summed E-state index contributed by atoms with van der Waals surface area (Å²) in [5, 5.41) is 0. The molecule has 1 aliphatic heterocycles. The zero-order valence-electron chi connectivity index (χ0n) is 13.8. The molecule has 3 aliphatic rings. The van der Waals surface area contributed by atoms with Crippen molar-refractivity contribution in [3.63, 3.8) is 0 Å². The summed E-state index contributed by atoms with van der Waals surface area (Å²) in [4.78, 5) is 16.6. The highest BCUT2D eigenvalue weighted by atomic mass is 19.1. The average molecular weight is 316 g/mol. The minimum atomic E-state index is -0.398. The van der Waals surface area contributed by atoms with Gasteiger partial charge in [0, 0.05) is 32.2 Å². The summed E-state index contributed by atoms with van der Waals surface area (Å²) < 4.78 is 14.0. The first kappa shape index (κ1) is 15.1. The SMILES string of the molecule is CC(=O)c1c(F)cccc1N1CCN(C2CC3CCC2C3)CC1. The third-order valence-corrected chi connectivity index (χ3v) is 6.17. The number of hydrogen-bond acceptors (Lipinski definition) is 3. The fourth-order valence-corrected chi connectivity index (χ4v) is 5.08. The molecule has 2 saturated carbocycles. The van der Waals surface area contributed by atoms with Crippen LogP contribution in [0.4, 0.5) is 10.1 Å². The lowest BCUT2D eigenvalue weighted by Gasteiger charge is -2.42. The van der Waals surface area contributed by atoms with Crippen LogP contribution in [0.25, 0.3) is 0 Å². The quantitative estimate of drug-likeness (QED) is 0.799. The van der Waals surface area contributed by atoms with Gasteiger partial charge < -0.3 is 4.90 Å². The summed E-state index contributed by atoms with van der Waals surface area (Å²) in [7, 11) is 0. The third-order valence-electron chi connectivity index (χ3n) is 6.17. The second-order valence-electron chi connectivity index (χ2n) is 7.46. The van der Waals surface area contributed by atoms with E-state index in [4.69, 9.17) is 0 Å². The van der Waals surface area contributed by atoms with Crippen LogP contribution in [-0.4, -0.2) is 42.9 Å². The van der Waals surface area contributed by atoms with E-state index in [1.54, 1.807) is 6.07 Å². The Hall–Kier alpha value is -1.42. The lowest BCUT2D eigenvalue weighted by molar-refractivity contribution is 0.101. The Morgan fingerprint density at radius 3 is 2.52 bits per heavy atom. The number of carbonyl (C=O) groups is 1. The third kappa shape index (κ3) is 2.67. The molecule has 1 aromatic carbocycles. The van der Waals surface area contributed by atoms with Crippen molar-refractivity contribution in [1.82, 2.24) is 4.90 Å². The maximum Gasteiger partial charge on any atom is 0.164 e. The molecule has 0 spiro atoms. The van der Waals surface area contributed by atoms with Crippen LogP contribution >= 0.6 is 0 Å². The summed E-state index contributed by atoms with van der Waals surface area (Å²) in [5.74, 6) is 1.29. The highest BCUT2D eigenvalue weighted by molar-refractivity contribution is 6.00. The first-order chi connectivity index (χ1) is 11.1. The number of fused-ring (bicyclic) bond motifs is 2. The maximum atomic E-state index is 14.0. The smallest absolute Gasteiger partial charge is 0.164 e. The van der Waals surface area contributed by atoms with Gasteiger partial charge in [0.05, 0.1) is 11.3 Å². The van der Waals surface area contributed by atoms with Gasteiger partial charge in [-0.25, -0.2) is 4.39 Å². The Morgan fingerprint density at radius 2 is 1.91 bits per heavy atom. The molecule has 1 saturated heterocycles. The van der Waals surface area contributed by atoms with E-state index in [1.165, 1.54) is 38.7 Å². The minimum Gasteiger partial charge on any atom is -0.368 e. The Bertz CT molecular complexity index is 609. The van der Waals surface area contributed by atoms with Gasteiger partial charge >= 0.3 is 0 Å². The van der Waals surface area contributed by atoms with E-state index in [-0.39, 0.29) is 11.3 Å². The fraction of sp³-hybridized carbons (Fsp3) is 0.632. The molecule has 0 amide bonds. The number of hydrogen-bond donors (Lipinski definition) is 0. The van der Waals surface area contributed by atoms with E-state index in [9.17, 15) is 9.18 Å². The molecule has 23 heavy (non-hydrogen) atoms. The lowest BCUT2D eigenvalue weighted by Crippen LogP contribution is -2.52. The number of ketones is 1. The van der Waals surface area contributed by atoms with Crippen molar-refractivity contribution in [2.45, 2.75) is 38.6 Å². The Labute approximate surface area is 137 Å². The number of nitrogens with zero attached hydrogens (tertiary/aromatic N) is 2. The van der Waals surface area contributed by atoms with Crippen LogP contribution in [0.5, 0.6) is 0 Å². The normalized spacial score (nSPS) is 30.9. The number of benzene rings is 1. The zero-order valence-corrected chi connectivity index (χ0v) is 13.8. The van der Waals surface area contributed by atoms with E-state index in [2.05, 4.69) is 9.80 Å². The van der Waals surface area contributed by atoms with Crippen LogP contribution in [0.1, 0.15) is 43.0 Å². The molecular formula is C19H25FN2O. The summed E-state index contributed by atoms with van der Waals surface area (Å²) >= 11 is 0. The Balaban J connectivity index is 1.46. The molecule has 0 aromatic heterocycles. The molecule has 124 valence electrons. The molecule has 2 bridgehead atoms. The predicted molar refractivity (Wildman–Crippen MR) is 89.4 cm³/mol. The standard InChI is InChI=1S/C19H25FN2O/c1-13(23)19-16(20)3-2-4-17(19)21-7-9-22(10-8-21)18-12-14-5-6-15(18)11-14/h2-4,14-15,18H,5-12H2,1H3. The van der Waals surface area contributed by atoms with E-state index in [1.807, 2.05) is 6.07 Å². The second-order valence-corrected chi connectivity index (χ2v) is 7.46. The van der Waals surface area contributed by atoms with Crippen LogP contribution in [0.3, 0.4) is 0 Å². The highest BCUT2D eigenvalue weighted by Crippen LogP contribution is 2.46. The molecule has 1 heterocycles. The van der Waals surface area contributed by atoms with Gasteiger partial charge in [-0.15, -0.1) is 0 Å². The number of rotatable bonds is 3. The van der Waals surface area contributed by atoms with Crippen LogP contribution in [0.2, 0.25) is 0 Å². The molecule has 3 unspecified atom stereocenters. The van der Waals surface area contributed by atoms with Gasteiger partial charge in [-0.2, -0.15) is 0 Å². The van der Waals surface area contributed by atoms with Gasteiger partial charge in [-0.3, -0.25) is 9.69 Å². The highest BCUT2D eigenvalue weighted by Gasteiger charge is 2.42. The van der Waals surface area contributed by atoms with E-state index < -0.39 is 5.82 Å². The monoisotopic (exact) mass is 316 g/mol. The van der Waals surface area contributed by atoms with E-state index >= 15 is 0 Å². The Kier molecular flexibility index (Phi) is 3.88. The van der Waals surface area contributed by atoms with Crippen molar-refractivity contribution in [2.75, 3.05) is 31.1 Å². The number of Topliss-reactive ketones (excluding diaryl/α,β-unsaturated/α-hetero) is 1. The molecule has 2 aliphatic carbocycles. The van der Waals surface area contributed by atoms with Crippen molar-refractivity contribution in [2.24, 2.45) is 11.8 Å². The molecule has 4 rings (SSSR count). The summed E-state index contributed by atoms with van der Waals surface area (Å²) in [6.07, 6.45) is 5.66. The van der Waals surface area contributed by atoms with Crippen LogP contribution in [0, 0.1) is 17.7 Å². The van der Waals surface area contributed by atoms with Crippen molar-refractivity contribution in [3.05, 3.63) is 29.6 Å². The average Bonchev–Trinajstić information content (AvgIpc) is 3.17. The van der Waals surface area contributed by atoms with E-state index in [0.717, 1.165) is 49.7 Å². The molecule has 0 N–H and O–H groups in total. The molecule has 3 fully saturated rings. The number of anilines is 1. The minimum absolute atomic E-state index is 0.186. The molecule has 4 heteroatoms. The van der Waals surface area contributed by atoms with Crippen molar-refractivity contribution >= 4 is 11.5 Å².